The van der Waals surface area contributed by atoms with Crippen LogP contribution in [0, 0.1) is 11.6 Å². The van der Waals surface area contributed by atoms with Gasteiger partial charge in [0.05, 0.1) is 18.3 Å². The van der Waals surface area contributed by atoms with Gasteiger partial charge in [-0.25, -0.2) is 18.4 Å². The van der Waals surface area contributed by atoms with Gasteiger partial charge in [0.1, 0.15) is 17.9 Å². The van der Waals surface area contributed by atoms with E-state index in [4.69, 9.17) is 15.0 Å². The van der Waals surface area contributed by atoms with E-state index in [1.165, 1.54) is 9.80 Å². The number of azide groups is 1. The van der Waals surface area contributed by atoms with E-state index in [0.29, 0.717) is 0 Å². The lowest BCUT2D eigenvalue weighted by molar-refractivity contribution is 0.0240. The number of carbonyl (C=O) groups excluding carboxylic acids is 2. The summed E-state index contributed by atoms with van der Waals surface area (Å²) in [6, 6.07) is 1.45. The van der Waals surface area contributed by atoms with Gasteiger partial charge in [0.25, 0.3) is 0 Å². The molecule has 1 aromatic rings. The maximum atomic E-state index is 14.9. The molecule has 2 saturated heterocycles. The highest BCUT2D eigenvalue weighted by atomic mass is 19.1. The molecule has 0 saturated carbocycles. The van der Waals surface area contributed by atoms with Crippen molar-refractivity contribution >= 4 is 23.6 Å². The highest BCUT2D eigenvalue weighted by Gasteiger charge is 2.35. The van der Waals surface area contributed by atoms with E-state index in [2.05, 4.69) is 10.0 Å². The Morgan fingerprint density at radius 3 is 2.42 bits per heavy atom. The van der Waals surface area contributed by atoms with Crippen LogP contribution in [0.5, 0.6) is 0 Å². The lowest BCUT2D eigenvalue weighted by atomic mass is 10.1. The van der Waals surface area contributed by atoms with E-state index >= 15 is 0 Å². The van der Waals surface area contributed by atoms with Crippen LogP contribution < -0.4 is 9.80 Å². The van der Waals surface area contributed by atoms with Crippen molar-refractivity contribution in [2.75, 3.05) is 49.1 Å². The molecule has 2 aliphatic rings. The van der Waals surface area contributed by atoms with Gasteiger partial charge in [-0.15, -0.1) is 0 Å². The molecule has 168 valence electrons. The molecule has 0 unspecified atom stereocenters. The van der Waals surface area contributed by atoms with Crippen LogP contribution in [0.25, 0.3) is 10.4 Å². The summed E-state index contributed by atoms with van der Waals surface area (Å²) in [5.74, 6) is -1.69. The van der Waals surface area contributed by atoms with E-state index in [9.17, 15) is 18.4 Å². The largest absolute Gasteiger partial charge is 0.447 e. The Morgan fingerprint density at radius 2 is 1.87 bits per heavy atom. The van der Waals surface area contributed by atoms with E-state index in [-0.39, 0.29) is 50.7 Å². The molecule has 0 radical (unpaired) electrons. The van der Waals surface area contributed by atoms with E-state index in [1.807, 2.05) is 0 Å². The van der Waals surface area contributed by atoms with Gasteiger partial charge in [0, 0.05) is 43.2 Å². The van der Waals surface area contributed by atoms with Gasteiger partial charge in [-0.3, -0.25) is 4.90 Å². The second-order valence-electron chi connectivity index (χ2n) is 8.23. The second kappa shape index (κ2) is 8.84. The number of hydrogen-bond acceptors (Lipinski definition) is 6. The minimum Gasteiger partial charge on any atom is -0.447 e. The third-order valence-electron chi connectivity index (χ3n) is 4.84. The summed E-state index contributed by atoms with van der Waals surface area (Å²) < 4.78 is 40.0. The number of nitrogens with zero attached hydrogens (tertiary/aromatic N) is 6. The summed E-state index contributed by atoms with van der Waals surface area (Å²) in [6.45, 7) is 6.11. The fourth-order valence-electron chi connectivity index (χ4n) is 3.47. The average Bonchev–Trinajstić information content (AvgIpc) is 3.05. The Balaban J connectivity index is 1.74. The molecule has 2 fully saturated rings. The van der Waals surface area contributed by atoms with Gasteiger partial charge < -0.3 is 19.3 Å². The zero-order valence-corrected chi connectivity index (χ0v) is 17.5. The van der Waals surface area contributed by atoms with Crippen LogP contribution in [0.1, 0.15) is 20.8 Å². The number of ether oxygens (including phenoxy) is 2. The van der Waals surface area contributed by atoms with Crippen LogP contribution in [0.3, 0.4) is 0 Å². The van der Waals surface area contributed by atoms with Crippen LogP contribution in [0.2, 0.25) is 0 Å². The number of halogens is 2. The lowest BCUT2D eigenvalue weighted by Gasteiger charge is -2.37. The van der Waals surface area contributed by atoms with Crippen molar-refractivity contribution in [2.24, 2.45) is 5.11 Å². The molecule has 1 atom stereocenters. The molecule has 0 aliphatic carbocycles. The summed E-state index contributed by atoms with van der Waals surface area (Å²) in [4.78, 5) is 30.9. The molecule has 0 N–H and O–H groups in total. The topological polar surface area (TPSA) is 111 Å². The molecular weight excluding hydrogens is 414 g/mol. The van der Waals surface area contributed by atoms with Crippen LogP contribution in [-0.4, -0.2) is 68.1 Å². The predicted molar refractivity (Wildman–Crippen MR) is 108 cm³/mol. The van der Waals surface area contributed by atoms with E-state index < -0.39 is 35.5 Å². The number of benzene rings is 1. The molecular formula is C19H24F2N6O4. The Bertz CT molecular complexity index is 884. The lowest BCUT2D eigenvalue weighted by Crippen LogP contribution is -2.50. The SMILES string of the molecule is CC(C)(C)OC(=O)N1CCN(c2c(F)cc(N3C(=O)OC[C@@H]3CN=[N+]=[N-])cc2F)CC1. The van der Waals surface area contributed by atoms with Crippen molar-refractivity contribution in [1.29, 1.82) is 0 Å². The first-order chi connectivity index (χ1) is 14.6. The molecule has 10 nitrogen and oxygen atoms in total. The molecule has 0 bridgehead atoms. The number of hydrogen-bond donors (Lipinski definition) is 0. The zero-order valence-electron chi connectivity index (χ0n) is 17.5. The summed E-state index contributed by atoms with van der Waals surface area (Å²) in [5, 5.41) is 3.41. The van der Waals surface area contributed by atoms with Crippen LogP contribution >= 0.6 is 0 Å². The third kappa shape index (κ3) is 5.08. The summed E-state index contributed by atoms with van der Waals surface area (Å²) in [7, 11) is 0. The number of cyclic esters (lactones) is 1. The minimum atomic E-state index is -0.844. The first-order valence-corrected chi connectivity index (χ1v) is 9.79. The zero-order chi connectivity index (χ0) is 22.8. The standard InChI is InChI=1S/C19H24F2N6O4/c1-19(2,3)31-17(28)26-6-4-25(5-7-26)16-14(20)8-12(9-15(16)21)27-13(10-23-24-22)11-30-18(27)29/h8-9,13H,4-7,10-11H2,1-3H3/t13-/m0/s1. The van der Waals surface area contributed by atoms with Crippen molar-refractivity contribution in [1.82, 2.24) is 4.90 Å². The first kappa shape index (κ1) is 22.4. The Morgan fingerprint density at radius 1 is 1.26 bits per heavy atom. The maximum absolute atomic E-state index is 14.9. The molecule has 0 spiro atoms. The predicted octanol–water partition coefficient (Wildman–Crippen LogP) is 3.66. The fourth-order valence-corrected chi connectivity index (χ4v) is 3.47. The molecule has 2 heterocycles. The Kier molecular flexibility index (Phi) is 6.40. The number of carbonyl (C=O) groups is 2. The quantitative estimate of drug-likeness (QED) is 0.405. The fraction of sp³-hybridized carbons (Fsp3) is 0.579. The normalized spacial score (nSPS) is 19.2. The molecule has 31 heavy (non-hydrogen) atoms. The molecule has 2 aliphatic heterocycles. The van der Waals surface area contributed by atoms with Gasteiger partial charge >= 0.3 is 12.2 Å². The van der Waals surface area contributed by atoms with Crippen molar-refractivity contribution in [3.8, 4) is 0 Å². The number of anilines is 2. The molecule has 3 rings (SSSR count). The molecule has 12 heteroatoms. The van der Waals surface area contributed by atoms with Gasteiger partial charge in [0.2, 0.25) is 0 Å². The monoisotopic (exact) mass is 438 g/mol. The Labute approximate surface area is 177 Å². The summed E-state index contributed by atoms with van der Waals surface area (Å²) in [5.41, 5.74) is 7.60. The van der Waals surface area contributed by atoms with Crippen molar-refractivity contribution < 1.29 is 27.8 Å². The van der Waals surface area contributed by atoms with Crippen LogP contribution in [0.4, 0.5) is 29.7 Å². The number of rotatable bonds is 4. The summed E-state index contributed by atoms with van der Waals surface area (Å²) >= 11 is 0. The average molecular weight is 438 g/mol. The highest BCUT2D eigenvalue weighted by molar-refractivity contribution is 5.90. The number of piperazine rings is 1. The van der Waals surface area contributed by atoms with Gasteiger partial charge in [-0.05, 0) is 26.3 Å². The van der Waals surface area contributed by atoms with Crippen LogP contribution in [-0.2, 0) is 9.47 Å². The maximum Gasteiger partial charge on any atom is 0.414 e. The van der Waals surface area contributed by atoms with Crippen molar-refractivity contribution in [3.63, 3.8) is 0 Å². The first-order valence-electron chi connectivity index (χ1n) is 9.79. The van der Waals surface area contributed by atoms with Gasteiger partial charge in [-0.1, -0.05) is 5.11 Å². The molecule has 0 aromatic heterocycles. The third-order valence-corrected chi connectivity index (χ3v) is 4.84. The highest BCUT2D eigenvalue weighted by Crippen LogP contribution is 2.32. The smallest absolute Gasteiger partial charge is 0.414 e. The summed E-state index contributed by atoms with van der Waals surface area (Å²) in [6.07, 6.45) is -1.24. The number of amides is 2. The van der Waals surface area contributed by atoms with E-state index in [0.717, 1.165) is 17.0 Å². The molecule has 1 aromatic carbocycles. The molecule has 2 amide bonds. The minimum absolute atomic E-state index is 0.0215. The van der Waals surface area contributed by atoms with Crippen molar-refractivity contribution in [3.05, 3.63) is 34.2 Å². The van der Waals surface area contributed by atoms with Gasteiger partial charge in [0.15, 0.2) is 11.6 Å². The van der Waals surface area contributed by atoms with Gasteiger partial charge in [-0.2, -0.15) is 0 Å². The van der Waals surface area contributed by atoms with Crippen molar-refractivity contribution in [2.45, 2.75) is 32.4 Å². The van der Waals surface area contributed by atoms with E-state index in [1.54, 1.807) is 20.8 Å². The van der Waals surface area contributed by atoms with Crippen LogP contribution in [0.15, 0.2) is 17.2 Å². The Hall–Kier alpha value is -3.27. The second-order valence-corrected chi connectivity index (χ2v) is 8.23.